The minimum absolute atomic E-state index is 0.125. The summed E-state index contributed by atoms with van der Waals surface area (Å²) in [6.07, 6.45) is 0.610. The van der Waals surface area contributed by atoms with E-state index in [1.807, 2.05) is 19.1 Å². The molecular weight excluding hydrogens is 354 g/mol. The van der Waals surface area contributed by atoms with Crippen LogP contribution in [0.3, 0.4) is 0 Å². The zero-order valence-corrected chi connectivity index (χ0v) is 15.0. The van der Waals surface area contributed by atoms with Gasteiger partial charge in [-0.3, -0.25) is 4.79 Å². The first-order valence-electron chi connectivity index (χ1n) is 8.25. The lowest BCUT2D eigenvalue weighted by molar-refractivity contribution is -0.116. The van der Waals surface area contributed by atoms with Crippen LogP contribution in [0.2, 0.25) is 5.02 Å². The number of hydrogen-bond donors (Lipinski definition) is 1. The molecule has 0 saturated heterocycles. The van der Waals surface area contributed by atoms with Gasteiger partial charge in [-0.2, -0.15) is 0 Å². The quantitative estimate of drug-likeness (QED) is 0.667. The molecule has 134 valence electrons. The molecule has 6 nitrogen and oxygen atoms in total. The van der Waals surface area contributed by atoms with Crippen LogP contribution in [0.15, 0.2) is 52.9 Å². The van der Waals surface area contributed by atoms with Crippen LogP contribution < -0.4 is 10.1 Å². The number of aryl methyl sites for hydroxylation is 1. The number of halogens is 1. The van der Waals surface area contributed by atoms with Gasteiger partial charge >= 0.3 is 0 Å². The van der Waals surface area contributed by atoms with Crippen molar-refractivity contribution in [1.29, 1.82) is 0 Å². The first-order valence-corrected chi connectivity index (χ1v) is 8.63. The van der Waals surface area contributed by atoms with Gasteiger partial charge in [-0.05, 0) is 55.5 Å². The largest absolute Gasteiger partial charge is 0.494 e. The maximum absolute atomic E-state index is 12.1. The Kier molecular flexibility index (Phi) is 5.86. The second-order valence-corrected chi connectivity index (χ2v) is 5.95. The molecule has 0 radical (unpaired) electrons. The van der Waals surface area contributed by atoms with Crippen LogP contribution >= 0.6 is 11.6 Å². The molecule has 0 bridgehead atoms. The molecule has 1 heterocycles. The Morgan fingerprint density at radius 2 is 1.85 bits per heavy atom. The highest BCUT2D eigenvalue weighted by Crippen LogP contribution is 2.21. The van der Waals surface area contributed by atoms with Crippen molar-refractivity contribution in [3.05, 3.63) is 59.4 Å². The first-order chi connectivity index (χ1) is 12.6. The number of rotatable bonds is 7. The molecule has 3 aromatic rings. The minimum Gasteiger partial charge on any atom is -0.494 e. The van der Waals surface area contributed by atoms with Crippen molar-refractivity contribution in [2.45, 2.75) is 19.8 Å². The van der Waals surface area contributed by atoms with E-state index in [1.165, 1.54) is 0 Å². The third-order valence-corrected chi connectivity index (χ3v) is 3.83. The highest BCUT2D eigenvalue weighted by molar-refractivity contribution is 6.30. The number of carbonyl (C=O) groups is 1. The van der Waals surface area contributed by atoms with Gasteiger partial charge in [0.25, 0.3) is 0 Å². The number of amides is 1. The normalized spacial score (nSPS) is 10.5. The Morgan fingerprint density at radius 3 is 2.54 bits per heavy atom. The average Bonchev–Trinajstić information content (AvgIpc) is 3.11. The number of nitrogens with one attached hydrogen (secondary N) is 1. The monoisotopic (exact) mass is 371 g/mol. The van der Waals surface area contributed by atoms with Crippen LogP contribution in [0, 0.1) is 0 Å². The van der Waals surface area contributed by atoms with E-state index in [2.05, 4.69) is 15.5 Å². The van der Waals surface area contributed by atoms with Crippen molar-refractivity contribution in [3.63, 3.8) is 0 Å². The summed E-state index contributed by atoms with van der Waals surface area (Å²) in [4.78, 5) is 12.1. The average molecular weight is 372 g/mol. The summed E-state index contributed by atoms with van der Waals surface area (Å²) in [5.41, 5.74) is 1.50. The lowest BCUT2D eigenvalue weighted by Crippen LogP contribution is -2.12. The first kappa shape index (κ1) is 17.9. The third-order valence-electron chi connectivity index (χ3n) is 3.57. The Bertz CT molecular complexity index is 860. The zero-order valence-electron chi connectivity index (χ0n) is 14.2. The molecule has 1 aromatic heterocycles. The topological polar surface area (TPSA) is 77.2 Å². The van der Waals surface area contributed by atoms with Gasteiger partial charge in [-0.15, -0.1) is 10.2 Å². The SMILES string of the molecule is CCOc1ccc(NC(=O)CCc2nnc(-c3ccc(Cl)cc3)o2)cc1. The van der Waals surface area contributed by atoms with Gasteiger partial charge in [0.1, 0.15) is 5.75 Å². The predicted octanol–water partition coefficient (Wildman–Crippen LogP) is 4.36. The smallest absolute Gasteiger partial charge is 0.247 e. The molecule has 1 amide bonds. The number of ether oxygens (including phenoxy) is 1. The fraction of sp³-hybridized carbons (Fsp3) is 0.211. The standard InChI is InChI=1S/C19H18ClN3O3/c1-2-25-16-9-7-15(8-10-16)21-17(24)11-12-18-22-23-19(26-18)13-3-5-14(20)6-4-13/h3-10H,2,11-12H2,1H3,(H,21,24). The summed E-state index contributed by atoms with van der Waals surface area (Å²) in [5, 5.41) is 11.4. The third kappa shape index (κ3) is 4.83. The van der Waals surface area contributed by atoms with Crippen molar-refractivity contribution in [3.8, 4) is 17.2 Å². The van der Waals surface area contributed by atoms with Crippen LogP contribution in [0.25, 0.3) is 11.5 Å². The van der Waals surface area contributed by atoms with E-state index in [0.29, 0.717) is 35.5 Å². The van der Waals surface area contributed by atoms with Crippen molar-refractivity contribution < 1.29 is 13.9 Å². The number of nitrogens with zero attached hydrogens (tertiary/aromatic N) is 2. The minimum atomic E-state index is -0.125. The van der Waals surface area contributed by atoms with E-state index in [4.69, 9.17) is 20.8 Å². The summed E-state index contributed by atoms with van der Waals surface area (Å²) in [5.74, 6) is 1.46. The van der Waals surface area contributed by atoms with E-state index >= 15 is 0 Å². The van der Waals surface area contributed by atoms with Crippen molar-refractivity contribution in [1.82, 2.24) is 10.2 Å². The molecule has 1 N–H and O–H groups in total. The van der Waals surface area contributed by atoms with Crippen LogP contribution in [0.1, 0.15) is 19.2 Å². The van der Waals surface area contributed by atoms with Crippen LogP contribution in [0.4, 0.5) is 5.69 Å². The molecular formula is C19H18ClN3O3. The summed E-state index contributed by atoms with van der Waals surface area (Å²) < 4.78 is 11.0. The fourth-order valence-corrected chi connectivity index (χ4v) is 2.43. The van der Waals surface area contributed by atoms with Crippen molar-refractivity contribution in [2.24, 2.45) is 0 Å². The van der Waals surface area contributed by atoms with Gasteiger partial charge in [0.05, 0.1) is 6.61 Å². The molecule has 0 atom stereocenters. The molecule has 0 saturated carbocycles. The van der Waals surface area contributed by atoms with Crippen LogP contribution in [-0.4, -0.2) is 22.7 Å². The van der Waals surface area contributed by atoms with E-state index < -0.39 is 0 Å². The molecule has 0 unspecified atom stereocenters. The summed E-state index contributed by atoms with van der Waals surface area (Å²) in [7, 11) is 0. The molecule has 2 aromatic carbocycles. The Balaban J connectivity index is 1.52. The number of benzene rings is 2. The van der Waals surface area contributed by atoms with E-state index in [1.54, 1.807) is 36.4 Å². The highest BCUT2D eigenvalue weighted by Gasteiger charge is 2.11. The number of anilines is 1. The molecule has 0 aliphatic carbocycles. The van der Waals surface area contributed by atoms with E-state index in [-0.39, 0.29) is 12.3 Å². The van der Waals surface area contributed by atoms with Crippen molar-refractivity contribution in [2.75, 3.05) is 11.9 Å². The second kappa shape index (κ2) is 8.49. The van der Waals surface area contributed by atoms with Gasteiger partial charge in [-0.1, -0.05) is 11.6 Å². The van der Waals surface area contributed by atoms with Gasteiger partial charge < -0.3 is 14.5 Å². The molecule has 26 heavy (non-hydrogen) atoms. The molecule has 0 fully saturated rings. The number of hydrogen-bond acceptors (Lipinski definition) is 5. The Hall–Kier alpha value is -2.86. The number of carbonyl (C=O) groups excluding carboxylic acids is 1. The van der Waals surface area contributed by atoms with Gasteiger partial charge in [0, 0.05) is 29.1 Å². The molecule has 0 spiro atoms. The summed E-state index contributed by atoms with van der Waals surface area (Å²) >= 11 is 5.86. The Morgan fingerprint density at radius 1 is 1.12 bits per heavy atom. The van der Waals surface area contributed by atoms with Crippen LogP contribution in [0.5, 0.6) is 5.75 Å². The lowest BCUT2D eigenvalue weighted by atomic mass is 10.2. The maximum atomic E-state index is 12.1. The zero-order chi connectivity index (χ0) is 18.4. The van der Waals surface area contributed by atoms with Gasteiger partial charge in [0.2, 0.25) is 17.7 Å². The van der Waals surface area contributed by atoms with Crippen LogP contribution in [-0.2, 0) is 11.2 Å². The maximum Gasteiger partial charge on any atom is 0.247 e. The lowest BCUT2D eigenvalue weighted by Gasteiger charge is -2.06. The molecule has 0 aliphatic rings. The number of aromatic nitrogens is 2. The van der Waals surface area contributed by atoms with Gasteiger partial charge in [-0.25, -0.2) is 0 Å². The summed E-state index contributed by atoms with van der Waals surface area (Å²) in [6.45, 7) is 2.53. The van der Waals surface area contributed by atoms with Gasteiger partial charge in [0.15, 0.2) is 0 Å². The fourth-order valence-electron chi connectivity index (χ4n) is 2.31. The van der Waals surface area contributed by atoms with Crippen molar-refractivity contribution >= 4 is 23.2 Å². The predicted molar refractivity (Wildman–Crippen MR) is 99.3 cm³/mol. The summed E-state index contributed by atoms with van der Waals surface area (Å²) in [6, 6.07) is 14.3. The Labute approximate surface area is 156 Å². The highest BCUT2D eigenvalue weighted by atomic mass is 35.5. The second-order valence-electron chi connectivity index (χ2n) is 5.51. The molecule has 0 aliphatic heterocycles. The molecule has 7 heteroatoms. The van der Waals surface area contributed by atoms with E-state index in [0.717, 1.165) is 11.3 Å². The molecule has 3 rings (SSSR count). The van der Waals surface area contributed by atoms with E-state index in [9.17, 15) is 4.79 Å².